The van der Waals surface area contributed by atoms with Crippen LogP contribution in [0.25, 0.3) is 10.8 Å². The van der Waals surface area contributed by atoms with E-state index in [4.69, 9.17) is 5.73 Å². The fourth-order valence-corrected chi connectivity index (χ4v) is 2.19. The van der Waals surface area contributed by atoms with Crippen LogP contribution in [0.2, 0.25) is 0 Å². The number of carbonyl (C=O) groups is 1. The van der Waals surface area contributed by atoms with Gasteiger partial charge in [-0.3, -0.25) is 9.78 Å². The Labute approximate surface area is 124 Å². The third-order valence-corrected chi connectivity index (χ3v) is 3.39. The molecule has 0 spiro atoms. The van der Waals surface area contributed by atoms with Crippen LogP contribution in [0.4, 0.5) is 11.4 Å². The smallest absolute Gasteiger partial charge is 0.242 e. The molecular formula is C16H22N4O. The number of carbonyl (C=O) groups excluding carboxylic acids is 1. The minimum absolute atomic E-state index is 0.00685. The highest BCUT2D eigenvalue weighted by Gasteiger charge is 2.13. The highest BCUT2D eigenvalue weighted by atomic mass is 16.2. The number of aryl methyl sites for hydroxylation is 1. The fraction of sp³-hybridized carbons (Fsp3) is 0.375. The van der Waals surface area contributed by atoms with Crippen LogP contribution in [0.15, 0.2) is 24.4 Å². The largest absolute Gasteiger partial charge is 0.398 e. The van der Waals surface area contributed by atoms with Crippen molar-refractivity contribution in [1.82, 2.24) is 10.3 Å². The van der Waals surface area contributed by atoms with Crippen molar-refractivity contribution in [1.29, 1.82) is 0 Å². The molecule has 1 aromatic carbocycles. The first-order chi connectivity index (χ1) is 10.0. The quantitative estimate of drug-likeness (QED) is 0.738. The van der Waals surface area contributed by atoms with Gasteiger partial charge in [0.25, 0.3) is 0 Å². The van der Waals surface area contributed by atoms with E-state index < -0.39 is 0 Å². The van der Waals surface area contributed by atoms with Gasteiger partial charge < -0.3 is 16.4 Å². The first kappa shape index (κ1) is 15.1. The molecule has 0 aliphatic carbocycles. The van der Waals surface area contributed by atoms with Gasteiger partial charge in [-0.15, -0.1) is 0 Å². The van der Waals surface area contributed by atoms with Gasteiger partial charge in [0.2, 0.25) is 5.91 Å². The van der Waals surface area contributed by atoms with E-state index in [0.29, 0.717) is 12.2 Å². The summed E-state index contributed by atoms with van der Waals surface area (Å²) in [5.74, 6) is -0.00685. The normalized spacial score (nSPS) is 12.1. The summed E-state index contributed by atoms with van der Waals surface area (Å²) in [5.41, 5.74) is 8.48. The minimum atomic E-state index is -0.308. The number of fused-ring (bicyclic) bond motifs is 1. The number of benzene rings is 1. The molecule has 0 fully saturated rings. The standard InChI is InChI=1S/C16H22N4O/c1-4-7-18-16(21)11(3)20-15-6-5-14(17)13-9-19-10(2)8-12(13)15/h5-6,8-9,11,20H,4,7,17H2,1-3H3,(H,18,21). The number of nitrogen functional groups attached to an aromatic ring is 1. The molecule has 1 amide bonds. The monoisotopic (exact) mass is 286 g/mol. The predicted octanol–water partition coefficient (Wildman–Crippen LogP) is 2.45. The number of hydrogen-bond donors (Lipinski definition) is 3. The van der Waals surface area contributed by atoms with E-state index in [0.717, 1.165) is 28.6 Å². The van der Waals surface area contributed by atoms with Crippen molar-refractivity contribution < 1.29 is 4.79 Å². The molecule has 1 atom stereocenters. The van der Waals surface area contributed by atoms with Gasteiger partial charge in [-0.05, 0) is 38.5 Å². The van der Waals surface area contributed by atoms with E-state index in [2.05, 4.69) is 15.6 Å². The SMILES string of the molecule is CCCNC(=O)C(C)Nc1ccc(N)c2cnc(C)cc12. The molecule has 21 heavy (non-hydrogen) atoms. The number of nitrogens with one attached hydrogen (secondary N) is 2. The van der Waals surface area contributed by atoms with E-state index in [1.54, 1.807) is 6.20 Å². The van der Waals surface area contributed by atoms with Crippen LogP contribution in [-0.2, 0) is 4.79 Å². The zero-order chi connectivity index (χ0) is 15.4. The lowest BCUT2D eigenvalue weighted by molar-refractivity contribution is -0.121. The van der Waals surface area contributed by atoms with Gasteiger partial charge >= 0.3 is 0 Å². The molecule has 5 heteroatoms. The highest BCUT2D eigenvalue weighted by Crippen LogP contribution is 2.28. The topological polar surface area (TPSA) is 80.0 Å². The summed E-state index contributed by atoms with van der Waals surface area (Å²) in [6.07, 6.45) is 2.70. The van der Waals surface area contributed by atoms with Crippen molar-refractivity contribution >= 4 is 28.1 Å². The van der Waals surface area contributed by atoms with Gasteiger partial charge in [-0.2, -0.15) is 0 Å². The summed E-state index contributed by atoms with van der Waals surface area (Å²) in [5, 5.41) is 8.02. The van der Waals surface area contributed by atoms with E-state index in [9.17, 15) is 4.79 Å². The van der Waals surface area contributed by atoms with Crippen molar-refractivity contribution in [2.45, 2.75) is 33.2 Å². The van der Waals surface area contributed by atoms with Crippen molar-refractivity contribution in [3.05, 3.63) is 30.1 Å². The summed E-state index contributed by atoms with van der Waals surface area (Å²) >= 11 is 0. The van der Waals surface area contributed by atoms with Gasteiger partial charge in [0, 0.05) is 40.6 Å². The number of anilines is 2. The molecule has 2 rings (SSSR count). The Morgan fingerprint density at radius 1 is 1.38 bits per heavy atom. The molecule has 0 saturated heterocycles. The second kappa shape index (κ2) is 6.43. The number of pyridine rings is 1. The lowest BCUT2D eigenvalue weighted by atomic mass is 10.1. The number of rotatable bonds is 5. The summed E-state index contributed by atoms with van der Waals surface area (Å²) in [6, 6.07) is 5.40. The van der Waals surface area contributed by atoms with Crippen LogP contribution < -0.4 is 16.4 Å². The first-order valence-electron chi connectivity index (χ1n) is 7.22. The van der Waals surface area contributed by atoms with Crippen molar-refractivity contribution in [2.24, 2.45) is 0 Å². The van der Waals surface area contributed by atoms with Crippen LogP contribution in [0, 0.1) is 6.92 Å². The second-order valence-electron chi connectivity index (χ2n) is 5.23. The van der Waals surface area contributed by atoms with Crippen LogP contribution in [0.5, 0.6) is 0 Å². The summed E-state index contributed by atoms with van der Waals surface area (Å²) < 4.78 is 0. The molecule has 5 nitrogen and oxygen atoms in total. The molecule has 0 aliphatic heterocycles. The Bertz CT molecular complexity index is 654. The maximum atomic E-state index is 12.0. The zero-order valence-electron chi connectivity index (χ0n) is 12.7. The van der Waals surface area contributed by atoms with E-state index in [-0.39, 0.29) is 11.9 Å². The Morgan fingerprint density at radius 2 is 2.14 bits per heavy atom. The lowest BCUT2D eigenvalue weighted by Crippen LogP contribution is -2.37. The zero-order valence-corrected chi connectivity index (χ0v) is 12.7. The number of nitrogens with two attached hydrogens (primary N) is 1. The van der Waals surface area contributed by atoms with Gasteiger partial charge in [-0.25, -0.2) is 0 Å². The molecule has 0 saturated carbocycles. The molecule has 1 aromatic heterocycles. The molecule has 2 aromatic rings. The number of amides is 1. The van der Waals surface area contributed by atoms with E-state index >= 15 is 0 Å². The molecule has 112 valence electrons. The molecule has 1 heterocycles. The van der Waals surface area contributed by atoms with Crippen molar-refractivity contribution in [2.75, 3.05) is 17.6 Å². The molecule has 0 bridgehead atoms. The molecule has 4 N–H and O–H groups in total. The number of aromatic nitrogens is 1. The maximum Gasteiger partial charge on any atom is 0.242 e. The predicted molar refractivity (Wildman–Crippen MR) is 87.3 cm³/mol. The van der Waals surface area contributed by atoms with Crippen LogP contribution in [-0.4, -0.2) is 23.5 Å². The van der Waals surface area contributed by atoms with Gasteiger partial charge in [0.15, 0.2) is 0 Å². The minimum Gasteiger partial charge on any atom is -0.398 e. The highest BCUT2D eigenvalue weighted by molar-refractivity contribution is 6.01. The molecular weight excluding hydrogens is 264 g/mol. The van der Waals surface area contributed by atoms with Crippen molar-refractivity contribution in [3.8, 4) is 0 Å². The third kappa shape index (κ3) is 3.42. The Hall–Kier alpha value is -2.30. The van der Waals surface area contributed by atoms with E-state index in [1.807, 2.05) is 39.0 Å². The third-order valence-electron chi connectivity index (χ3n) is 3.39. The summed E-state index contributed by atoms with van der Waals surface area (Å²) in [7, 11) is 0. The maximum absolute atomic E-state index is 12.0. The average molecular weight is 286 g/mol. The fourth-order valence-electron chi connectivity index (χ4n) is 2.19. The molecule has 1 unspecified atom stereocenters. The van der Waals surface area contributed by atoms with E-state index in [1.165, 1.54) is 0 Å². The Kier molecular flexibility index (Phi) is 4.62. The van der Waals surface area contributed by atoms with Gasteiger partial charge in [0.1, 0.15) is 6.04 Å². The van der Waals surface area contributed by atoms with Gasteiger partial charge in [-0.1, -0.05) is 6.92 Å². The second-order valence-corrected chi connectivity index (χ2v) is 5.23. The Balaban J connectivity index is 2.28. The van der Waals surface area contributed by atoms with Gasteiger partial charge in [0.05, 0.1) is 0 Å². The van der Waals surface area contributed by atoms with Crippen LogP contribution in [0.1, 0.15) is 26.0 Å². The molecule has 0 radical (unpaired) electrons. The average Bonchev–Trinajstić information content (AvgIpc) is 2.47. The Morgan fingerprint density at radius 3 is 2.86 bits per heavy atom. The summed E-state index contributed by atoms with van der Waals surface area (Å²) in [6.45, 7) is 6.50. The number of hydrogen-bond acceptors (Lipinski definition) is 4. The number of nitrogens with zero attached hydrogens (tertiary/aromatic N) is 1. The van der Waals surface area contributed by atoms with Crippen LogP contribution >= 0.6 is 0 Å². The van der Waals surface area contributed by atoms with Crippen molar-refractivity contribution in [3.63, 3.8) is 0 Å². The summed E-state index contributed by atoms with van der Waals surface area (Å²) in [4.78, 5) is 16.2. The lowest BCUT2D eigenvalue weighted by Gasteiger charge is -2.17. The molecule has 0 aliphatic rings. The first-order valence-corrected chi connectivity index (χ1v) is 7.22. The van der Waals surface area contributed by atoms with Crippen LogP contribution in [0.3, 0.4) is 0 Å².